The van der Waals surface area contributed by atoms with Crippen molar-refractivity contribution in [3.8, 4) is 0 Å². The van der Waals surface area contributed by atoms with Crippen molar-refractivity contribution in [1.82, 2.24) is 0 Å². The monoisotopic (exact) mass is 73.1 g/mol. The highest BCUT2D eigenvalue weighted by atomic mass is 16.1. The maximum Gasteiger partial charge on any atom is 0.281 e. The van der Waals surface area contributed by atoms with Crippen LogP contribution in [-0.4, -0.2) is 5.91 Å². The molecular weight excluding hydrogens is 66.0 g/mol. The molecule has 0 atom stereocenters. The van der Waals surface area contributed by atoms with Gasteiger partial charge in [-0.2, -0.15) is 0 Å². The molecule has 0 unspecified atom stereocenters. The van der Waals surface area contributed by atoms with Gasteiger partial charge in [-0.3, -0.25) is 0 Å². The number of quaternary nitrogens is 1. The van der Waals surface area contributed by atoms with Crippen molar-refractivity contribution in [3.63, 3.8) is 0 Å². The largest absolute Gasteiger partial charge is 0.415 e. The summed E-state index contributed by atoms with van der Waals surface area (Å²) in [5.41, 5.74) is 0. The summed E-state index contributed by atoms with van der Waals surface area (Å²) in [6.07, 6.45) is 0. The van der Waals surface area contributed by atoms with E-state index in [4.69, 9.17) is 0 Å². The molecule has 0 radical (unpaired) electrons. The van der Waals surface area contributed by atoms with E-state index in [1.165, 1.54) is 12.2 Å². The zero-order valence-corrected chi connectivity index (χ0v) is 3.19. The lowest BCUT2D eigenvalue weighted by Gasteiger charge is -1.82. The first-order valence-corrected chi connectivity index (χ1v) is 1.40. The van der Waals surface area contributed by atoms with Gasteiger partial charge in [0.15, 0.2) is 0 Å². The van der Waals surface area contributed by atoms with Crippen molar-refractivity contribution in [1.29, 1.82) is 0 Å². The van der Waals surface area contributed by atoms with E-state index in [0.29, 0.717) is 0 Å². The first kappa shape index (κ1) is 4.63. The zero-order valence-electron chi connectivity index (χ0n) is 3.19. The maximum absolute atomic E-state index is 9.69. The molecule has 0 aromatic rings. The van der Waals surface area contributed by atoms with Crippen molar-refractivity contribution >= 4 is 5.91 Å². The van der Waals surface area contributed by atoms with E-state index in [1.54, 1.807) is 0 Å². The average Bonchev–Trinajstić information content (AvgIpc) is 1.38. The van der Waals surface area contributed by atoms with Crippen LogP contribution in [0.25, 0.3) is 0 Å². The van der Waals surface area contributed by atoms with Crippen molar-refractivity contribution in [2.75, 3.05) is 0 Å². The van der Waals surface area contributed by atoms with Crippen LogP contribution in [0, 0.1) is 7.05 Å². The fraction of sp³-hybridized carbons (Fsp3) is 0.333. The van der Waals surface area contributed by atoms with E-state index in [-0.39, 0.29) is 5.91 Å². The third kappa shape index (κ3) is 3.63. The molecule has 0 aliphatic carbocycles. The fourth-order valence-electron chi connectivity index (χ4n) is 0. The van der Waals surface area contributed by atoms with Gasteiger partial charge in [-0.25, -0.2) is 4.79 Å². The quantitative estimate of drug-likeness (QED) is 0.362. The Bertz CT molecular complexity index is 42.2. The van der Waals surface area contributed by atoms with E-state index in [9.17, 15) is 4.79 Å². The highest BCUT2D eigenvalue weighted by Crippen LogP contribution is 1.32. The Balaban J connectivity index is 2.85. The first-order valence-electron chi connectivity index (χ1n) is 1.40. The van der Waals surface area contributed by atoms with Gasteiger partial charge in [-0.05, 0) is 0 Å². The summed E-state index contributed by atoms with van der Waals surface area (Å²) in [4.78, 5) is 9.69. The lowest BCUT2D eigenvalue weighted by Crippen LogP contribution is -2.80. The molecule has 30 valence electrons. The van der Waals surface area contributed by atoms with Gasteiger partial charge in [0, 0.05) is 6.92 Å². The summed E-state index contributed by atoms with van der Waals surface area (Å²) in [7, 11) is 3.21. The van der Waals surface area contributed by atoms with Gasteiger partial charge in [0.2, 0.25) is 0 Å². The third-order valence-corrected chi connectivity index (χ3v) is 0.287. The minimum absolute atomic E-state index is 0.0185. The number of nitrogens with two attached hydrogens (primary N) is 1. The van der Waals surface area contributed by atoms with E-state index in [0.717, 1.165) is 0 Å². The molecule has 0 bridgehead atoms. The van der Waals surface area contributed by atoms with Crippen LogP contribution in [0.4, 0.5) is 0 Å². The van der Waals surface area contributed by atoms with Gasteiger partial charge < -0.3 is 5.32 Å². The second-order valence-electron chi connectivity index (χ2n) is 0.815. The molecule has 5 heavy (non-hydrogen) atoms. The van der Waals surface area contributed by atoms with Crippen molar-refractivity contribution in [2.45, 2.75) is 6.92 Å². The van der Waals surface area contributed by atoms with Gasteiger partial charge in [0.1, 0.15) is 0 Å². The summed E-state index contributed by atoms with van der Waals surface area (Å²) in [5.74, 6) is 0.0185. The molecular formula is C3H7NO. The number of rotatable bonds is 0. The van der Waals surface area contributed by atoms with Crippen LogP contribution < -0.4 is 5.32 Å². The van der Waals surface area contributed by atoms with Gasteiger partial charge in [-0.15, -0.1) is 7.05 Å². The standard InChI is InChI=1S/C3H7NO/c1-3(5)4-2/h2,4H2,1H3. The Labute approximate surface area is 31.2 Å². The highest BCUT2D eigenvalue weighted by Gasteiger charge is 1.74. The van der Waals surface area contributed by atoms with Crippen LogP contribution in [0.2, 0.25) is 0 Å². The number of amides is 1. The summed E-state index contributed by atoms with van der Waals surface area (Å²) in [5, 5.41) is 1.28. The second kappa shape index (κ2) is 1.91. The molecule has 0 aromatic heterocycles. The molecule has 0 rings (SSSR count). The number of hydrogen-bond acceptors (Lipinski definition) is 1. The van der Waals surface area contributed by atoms with Crippen molar-refractivity contribution in [2.24, 2.45) is 0 Å². The third-order valence-electron chi connectivity index (χ3n) is 0.287. The summed E-state index contributed by atoms with van der Waals surface area (Å²) >= 11 is 0. The molecule has 2 heteroatoms. The van der Waals surface area contributed by atoms with Crippen molar-refractivity contribution < 1.29 is 10.1 Å². The Morgan fingerprint density at radius 2 is 2.20 bits per heavy atom. The Morgan fingerprint density at radius 3 is 2.20 bits per heavy atom. The van der Waals surface area contributed by atoms with Crippen LogP contribution in [0.15, 0.2) is 0 Å². The summed E-state index contributed by atoms with van der Waals surface area (Å²) in [6, 6.07) is 0. The molecule has 0 aliphatic heterocycles. The maximum atomic E-state index is 9.69. The van der Waals surface area contributed by atoms with E-state index in [2.05, 4.69) is 7.05 Å². The van der Waals surface area contributed by atoms with E-state index in [1.807, 2.05) is 0 Å². The highest BCUT2D eigenvalue weighted by molar-refractivity contribution is 5.61. The predicted octanol–water partition coefficient (Wildman–Crippen LogP) is -1.11. The zero-order chi connectivity index (χ0) is 4.28. The van der Waals surface area contributed by atoms with Crippen molar-refractivity contribution in [3.05, 3.63) is 7.05 Å². The lowest BCUT2D eigenvalue weighted by atomic mass is 10.7. The van der Waals surface area contributed by atoms with Gasteiger partial charge >= 0.3 is 0 Å². The van der Waals surface area contributed by atoms with Crippen LogP contribution in [-0.2, 0) is 4.79 Å². The van der Waals surface area contributed by atoms with Gasteiger partial charge in [-0.1, -0.05) is 0 Å². The minimum atomic E-state index is 0.0185. The predicted molar refractivity (Wildman–Crippen MR) is 18.0 cm³/mol. The van der Waals surface area contributed by atoms with E-state index >= 15 is 0 Å². The molecule has 0 saturated carbocycles. The Morgan fingerprint density at radius 1 is 2.00 bits per heavy atom. The molecule has 0 spiro atoms. The summed E-state index contributed by atoms with van der Waals surface area (Å²) < 4.78 is 0. The fourth-order valence-corrected chi connectivity index (χ4v) is 0. The van der Waals surface area contributed by atoms with Crippen LogP contribution in [0.3, 0.4) is 0 Å². The molecule has 2 N–H and O–H groups in total. The molecule has 0 heterocycles. The number of carbonyl (C=O) groups excluding carboxylic acids is 1. The molecule has 0 saturated heterocycles. The van der Waals surface area contributed by atoms with Crippen LogP contribution in [0.1, 0.15) is 6.92 Å². The molecule has 1 amide bonds. The van der Waals surface area contributed by atoms with Gasteiger partial charge in [0.25, 0.3) is 5.91 Å². The first-order chi connectivity index (χ1) is 2.27. The number of primary amides is 1. The molecule has 0 aromatic carbocycles. The van der Waals surface area contributed by atoms with E-state index < -0.39 is 0 Å². The Hall–Kier alpha value is -0.370. The number of hydrogen-bond donors (Lipinski definition) is 1. The molecule has 0 aliphatic rings. The molecule has 2 nitrogen and oxygen atoms in total. The minimum Gasteiger partial charge on any atom is -0.415 e. The topological polar surface area (TPSA) is 33.7 Å². The molecule has 0 fully saturated rings. The SMILES string of the molecule is [CH2-][NH2+]C(C)=O. The number of carbonyl (C=O) groups is 1. The summed E-state index contributed by atoms with van der Waals surface area (Å²) in [6.45, 7) is 1.47. The second-order valence-corrected chi connectivity index (χ2v) is 0.815. The Kier molecular flexibility index (Phi) is 1.76. The smallest absolute Gasteiger partial charge is 0.281 e. The normalized spacial score (nSPS) is 7.60. The van der Waals surface area contributed by atoms with Crippen LogP contribution >= 0.6 is 0 Å². The van der Waals surface area contributed by atoms with Crippen LogP contribution in [0.5, 0.6) is 0 Å². The lowest BCUT2D eigenvalue weighted by molar-refractivity contribution is -0.505. The van der Waals surface area contributed by atoms with Gasteiger partial charge in [0.05, 0.1) is 0 Å². The average molecular weight is 73.1 g/mol.